The van der Waals surface area contributed by atoms with Gasteiger partial charge in [0.15, 0.2) is 5.78 Å². The van der Waals surface area contributed by atoms with Crippen LogP contribution in [0, 0.1) is 0 Å². The minimum Gasteiger partial charge on any atom is -0.480 e. The molecule has 0 saturated carbocycles. The molecule has 20 nitrogen and oxygen atoms in total. The van der Waals surface area contributed by atoms with Crippen molar-refractivity contribution in [1.82, 2.24) is 35.1 Å². The number of hydrogen-bond acceptors (Lipinski definition) is 14. The number of carbonyl (C=O) groups is 8. The highest BCUT2D eigenvalue weighted by Crippen LogP contribution is 2.24. The highest BCUT2D eigenvalue weighted by Gasteiger charge is 2.29. The Morgan fingerprint density at radius 2 is 1.23 bits per heavy atom. The van der Waals surface area contributed by atoms with E-state index in [1.54, 1.807) is 31.7 Å². The number of amides is 3. The Kier molecular flexibility index (Phi) is 22.1. The lowest BCUT2D eigenvalue weighted by Gasteiger charge is -2.35. The maximum absolute atomic E-state index is 13.8. The van der Waals surface area contributed by atoms with Gasteiger partial charge in [0.1, 0.15) is 6.04 Å². The third-order valence-corrected chi connectivity index (χ3v) is 11.4. The van der Waals surface area contributed by atoms with Crippen molar-refractivity contribution in [3.8, 4) is 0 Å². The number of aliphatic carboxylic acids is 4. The number of ketones is 1. The molecule has 8 N–H and O–H groups in total. The van der Waals surface area contributed by atoms with E-state index in [4.69, 9.17) is 5.73 Å². The number of thioether (sulfide) groups is 1. The van der Waals surface area contributed by atoms with Crippen LogP contribution in [0.3, 0.4) is 0 Å². The lowest BCUT2D eigenvalue weighted by Crippen LogP contribution is -2.50. The third kappa shape index (κ3) is 18.5. The molecule has 0 aliphatic carbocycles. The quantitative estimate of drug-likeness (QED) is 0.0646. The Morgan fingerprint density at radius 3 is 1.72 bits per heavy atom. The molecule has 61 heavy (non-hydrogen) atoms. The first-order valence-corrected chi connectivity index (χ1v) is 22.0. The van der Waals surface area contributed by atoms with Gasteiger partial charge in [0.25, 0.3) is 5.91 Å². The zero-order chi connectivity index (χ0) is 44.9. The molecule has 2 atom stereocenters. The van der Waals surface area contributed by atoms with Gasteiger partial charge in [-0.3, -0.25) is 53.2 Å². The summed E-state index contributed by atoms with van der Waals surface area (Å²) in [4.78, 5) is 109. The van der Waals surface area contributed by atoms with Crippen molar-refractivity contribution >= 4 is 59.1 Å². The van der Waals surface area contributed by atoms with Crippen LogP contribution in [0.15, 0.2) is 18.2 Å². The van der Waals surface area contributed by atoms with Crippen molar-refractivity contribution in [1.29, 1.82) is 0 Å². The van der Waals surface area contributed by atoms with Gasteiger partial charge in [-0.2, -0.15) is 11.8 Å². The van der Waals surface area contributed by atoms with E-state index in [-0.39, 0.29) is 103 Å². The summed E-state index contributed by atoms with van der Waals surface area (Å²) in [6, 6.07) is 3.23. The maximum atomic E-state index is 13.8. The molecule has 2 aliphatic heterocycles. The van der Waals surface area contributed by atoms with Crippen LogP contribution in [-0.4, -0.2) is 208 Å². The number of carbonyl (C=O) groups excluding carboxylic acids is 4. The normalized spacial score (nSPS) is 17.2. The molecule has 340 valence electrons. The molecule has 3 rings (SSSR count). The minimum absolute atomic E-state index is 0.0228. The number of unbranched alkanes of at least 4 members (excludes halogenated alkanes) is 1. The lowest BCUT2D eigenvalue weighted by molar-refractivity contribution is -0.142. The Labute approximate surface area is 360 Å². The number of rotatable bonds is 23. The average Bonchev–Trinajstić information content (AvgIpc) is 3.20. The maximum Gasteiger partial charge on any atom is 0.326 e. The van der Waals surface area contributed by atoms with Crippen LogP contribution >= 0.6 is 11.8 Å². The molecular weight excluding hydrogens is 817 g/mol. The van der Waals surface area contributed by atoms with E-state index in [0.717, 1.165) is 11.1 Å². The number of nitrogens with two attached hydrogens (primary N) is 1. The van der Waals surface area contributed by atoms with E-state index in [0.29, 0.717) is 63.2 Å². The standard InChI is InChI=1S/C40H62N8O12S/c1-61-22-11-31(33(49)8-9-34(50)42-32(40(59)60)7-2-3-12-41)43-39(58)30-6-4-5-28-23-48(13-10-29(28)30)35(51)24-44-14-16-45(25-36(52)53)18-20-47(27-38(56)57)21-19-46(17-15-44)26-37(54)55/h4-6,31-32H,2-3,7-27,41H2,1H3,(H,42,50)(H,43,58)(H,52,53)(H,54,55)(H,56,57)(H,59,60)/t31-,32-/m0/s1. The van der Waals surface area contributed by atoms with Crippen LogP contribution in [0.4, 0.5) is 0 Å². The lowest BCUT2D eigenvalue weighted by atomic mass is 9.93. The van der Waals surface area contributed by atoms with Crippen molar-refractivity contribution in [2.75, 3.05) is 104 Å². The molecule has 2 aliphatic rings. The molecule has 1 fully saturated rings. The summed E-state index contributed by atoms with van der Waals surface area (Å²) in [5.41, 5.74) is 7.36. The molecule has 0 spiro atoms. The molecule has 0 radical (unpaired) electrons. The highest BCUT2D eigenvalue weighted by atomic mass is 32.2. The molecule has 0 aromatic heterocycles. The van der Waals surface area contributed by atoms with Crippen molar-refractivity contribution in [2.24, 2.45) is 5.73 Å². The molecule has 1 aromatic carbocycles. The third-order valence-electron chi connectivity index (χ3n) is 10.7. The van der Waals surface area contributed by atoms with Gasteiger partial charge in [0.2, 0.25) is 11.8 Å². The Balaban J connectivity index is 1.68. The second kappa shape index (κ2) is 26.6. The fraction of sp³-hybridized carbons (Fsp3) is 0.650. The average molecular weight is 879 g/mol. The van der Waals surface area contributed by atoms with Gasteiger partial charge in [-0.25, -0.2) is 4.79 Å². The van der Waals surface area contributed by atoms with Gasteiger partial charge in [-0.1, -0.05) is 12.1 Å². The molecule has 21 heteroatoms. The fourth-order valence-corrected chi connectivity index (χ4v) is 7.80. The SMILES string of the molecule is CSCC[C@H](NC(=O)c1cccc2c1CCN(C(=O)CN1CCN(CC(=O)O)CCN(CC(=O)O)CCN(CC(=O)O)CC1)C2)C(=O)CCC(=O)N[C@@H](CCCCN)C(=O)O. The molecule has 0 unspecified atom stereocenters. The van der Waals surface area contributed by atoms with E-state index >= 15 is 0 Å². The highest BCUT2D eigenvalue weighted by molar-refractivity contribution is 7.98. The first-order chi connectivity index (χ1) is 29.1. The van der Waals surface area contributed by atoms with Gasteiger partial charge in [0, 0.05) is 83.9 Å². The number of nitrogens with zero attached hydrogens (tertiary/aromatic N) is 5. The first-order valence-electron chi connectivity index (χ1n) is 20.6. The number of Topliss-reactive ketones (excluding diaryl/α,β-unsaturated/α-hetero) is 1. The monoisotopic (exact) mass is 878 g/mol. The van der Waals surface area contributed by atoms with Crippen LogP contribution in [0.1, 0.15) is 60.0 Å². The largest absolute Gasteiger partial charge is 0.480 e. The van der Waals surface area contributed by atoms with Gasteiger partial charge in [-0.15, -0.1) is 0 Å². The number of carboxylic acid groups (broad SMARTS) is 4. The first kappa shape index (κ1) is 50.7. The van der Waals surface area contributed by atoms with Crippen LogP contribution in [0.25, 0.3) is 0 Å². The van der Waals surface area contributed by atoms with Crippen molar-refractivity contribution in [3.05, 3.63) is 34.9 Å². The summed E-state index contributed by atoms with van der Waals surface area (Å²) in [7, 11) is 0. The second-order valence-corrected chi connectivity index (χ2v) is 16.3. The van der Waals surface area contributed by atoms with Gasteiger partial charge in [-0.05, 0) is 67.9 Å². The van der Waals surface area contributed by atoms with Gasteiger partial charge >= 0.3 is 23.9 Å². The predicted octanol–water partition coefficient (Wildman–Crippen LogP) is -1.05. The van der Waals surface area contributed by atoms with E-state index in [2.05, 4.69) is 10.6 Å². The second-order valence-electron chi connectivity index (χ2n) is 15.3. The number of hydrogen-bond donors (Lipinski definition) is 7. The molecule has 1 aromatic rings. The van der Waals surface area contributed by atoms with Crippen molar-refractivity contribution < 1.29 is 58.8 Å². The zero-order valence-electron chi connectivity index (χ0n) is 34.9. The summed E-state index contributed by atoms with van der Waals surface area (Å²) >= 11 is 1.50. The molecule has 2 heterocycles. The Morgan fingerprint density at radius 1 is 0.689 bits per heavy atom. The summed E-state index contributed by atoms with van der Waals surface area (Å²) in [5, 5.41) is 43.3. The predicted molar refractivity (Wildman–Crippen MR) is 225 cm³/mol. The van der Waals surface area contributed by atoms with E-state index in [1.807, 2.05) is 17.2 Å². The number of benzene rings is 1. The van der Waals surface area contributed by atoms with Crippen LogP contribution in [-0.2, 0) is 46.5 Å². The smallest absolute Gasteiger partial charge is 0.326 e. The molecular formula is C40H62N8O12S. The number of carboxylic acids is 4. The number of nitrogens with one attached hydrogen (secondary N) is 2. The summed E-state index contributed by atoms with van der Waals surface area (Å²) < 4.78 is 0. The van der Waals surface area contributed by atoms with E-state index in [9.17, 15) is 58.8 Å². The Hall–Kier alpha value is -4.67. The van der Waals surface area contributed by atoms with Crippen LogP contribution in [0.5, 0.6) is 0 Å². The van der Waals surface area contributed by atoms with Crippen LogP contribution < -0.4 is 16.4 Å². The topological polar surface area (TPSA) is 284 Å². The zero-order valence-corrected chi connectivity index (χ0v) is 35.7. The Bertz CT molecular complexity index is 1650. The molecule has 0 bridgehead atoms. The summed E-state index contributed by atoms with van der Waals surface area (Å²) in [6.07, 6.45) is 3.48. The van der Waals surface area contributed by atoms with E-state index < -0.39 is 47.8 Å². The van der Waals surface area contributed by atoms with Crippen LogP contribution in [0.2, 0.25) is 0 Å². The summed E-state index contributed by atoms with van der Waals surface area (Å²) in [5.74, 6) is -5.34. The molecule has 1 saturated heterocycles. The van der Waals surface area contributed by atoms with Gasteiger partial charge in [0.05, 0.1) is 32.2 Å². The fourth-order valence-electron chi connectivity index (χ4n) is 7.32. The van der Waals surface area contributed by atoms with Crippen molar-refractivity contribution in [3.63, 3.8) is 0 Å². The summed E-state index contributed by atoms with van der Waals surface area (Å²) in [6.45, 7) is 2.24. The van der Waals surface area contributed by atoms with Gasteiger partial charge < -0.3 is 41.7 Å². The number of fused-ring (bicyclic) bond motifs is 1. The minimum atomic E-state index is -1.17. The molecule has 3 amide bonds. The van der Waals surface area contributed by atoms with E-state index in [1.165, 1.54) is 11.8 Å². The van der Waals surface area contributed by atoms with Crippen molar-refractivity contribution in [2.45, 2.75) is 63.6 Å².